The van der Waals surface area contributed by atoms with Gasteiger partial charge in [0.1, 0.15) is 11.6 Å². The van der Waals surface area contributed by atoms with Gasteiger partial charge < -0.3 is 4.90 Å². The topological polar surface area (TPSA) is 36.4 Å². The van der Waals surface area contributed by atoms with Crippen molar-refractivity contribution < 1.29 is 13.6 Å². The summed E-state index contributed by atoms with van der Waals surface area (Å²) in [6.07, 6.45) is 3.56. The molecule has 0 atom stereocenters. The molecular formula is C17H17F2N3O. The Kier molecular flexibility index (Phi) is 4.62. The van der Waals surface area contributed by atoms with Crippen LogP contribution < -0.4 is 0 Å². The molecule has 0 N–H and O–H groups in total. The Morgan fingerprint density at radius 1 is 1.13 bits per heavy atom. The molecule has 1 aliphatic heterocycles. The third-order valence-electron chi connectivity index (χ3n) is 3.95. The number of piperazine rings is 1. The number of rotatable bonds is 3. The van der Waals surface area contributed by atoms with Crippen molar-refractivity contribution in [3.8, 4) is 0 Å². The lowest BCUT2D eigenvalue weighted by Gasteiger charge is -2.34. The minimum Gasteiger partial charge on any atom is -0.336 e. The second kappa shape index (κ2) is 6.83. The summed E-state index contributed by atoms with van der Waals surface area (Å²) < 4.78 is 26.6. The second-order valence-corrected chi connectivity index (χ2v) is 5.55. The maximum atomic E-state index is 13.7. The summed E-state index contributed by atoms with van der Waals surface area (Å²) >= 11 is 0. The Labute approximate surface area is 133 Å². The van der Waals surface area contributed by atoms with Crippen molar-refractivity contribution in [2.24, 2.45) is 0 Å². The molecule has 2 aromatic rings. The molecule has 1 saturated heterocycles. The first-order chi connectivity index (χ1) is 11.1. The molecule has 1 fully saturated rings. The van der Waals surface area contributed by atoms with Gasteiger partial charge in [-0.05, 0) is 23.8 Å². The van der Waals surface area contributed by atoms with Gasteiger partial charge in [0.15, 0.2) is 0 Å². The fourth-order valence-electron chi connectivity index (χ4n) is 2.69. The van der Waals surface area contributed by atoms with Gasteiger partial charge in [-0.1, -0.05) is 6.07 Å². The SMILES string of the molecule is O=C(c1ccc(F)cc1F)N1CCN(Cc2cccnc2)CC1. The Hall–Kier alpha value is -2.34. The molecule has 0 aliphatic carbocycles. The number of carbonyl (C=O) groups excluding carboxylic acids is 1. The lowest BCUT2D eigenvalue weighted by molar-refractivity contribution is 0.0623. The first-order valence-electron chi connectivity index (χ1n) is 7.49. The minimum absolute atomic E-state index is 0.0768. The highest BCUT2D eigenvalue weighted by Crippen LogP contribution is 2.15. The maximum absolute atomic E-state index is 13.7. The zero-order chi connectivity index (χ0) is 16.2. The Morgan fingerprint density at radius 2 is 1.91 bits per heavy atom. The molecule has 120 valence electrons. The van der Waals surface area contributed by atoms with Crippen molar-refractivity contribution in [1.29, 1.82) is 0 Å². The van der Waals surface area contributed by atoms with E-state index in [1.807, 2.05) is 18.3 Å². The highest BCUT2D eigenvalue weighted by atomic mass is 19.1. The highest BCUT2D eigenvalue weighted by Gasteiger charge is 2.24. The van der Waals surface area contributed by atoms with Crippen molar-refractivity contribution in [3.63, 3.8) is 0 Å². The van der Waals surface area contributed by atoms with E-state index in [0.29, 0.717) is 26.2 Å². The zero-order valence-electron chi connectivity index (χ0n) is 12.6. The third kappa shape index (κ3) is 3.71. The molecule has 4 nitrogen and oxygen atoms in total. The molecule has 1 aromatic carbocycles. The van der Waals surface area contributed by atoms with Gasteiger partial charge >= 0.3 is 0 Å². The summed E-state index contributed by atoms with van der Waals surface area (Å²) in [7, 11) is 0. The molecule has 0 radical (unpaired) electrons. The Balaban J connectivity index is 1.59. The largest absolute Gasteiger partial charge is 0.336 e. The Bertz CT molecular complexity index is 685. The second-order valence-electron chi connectivity index (χ2n) is 5.55. The van der Waals surface area contributed by atoms with Crippen LogP contribution in [0.2, 0.25) is 0 Å². The molecule has 1 aromatic heterocycles. The van der Waals surface area contributed by atoms with E-state index in [9.17, 15) is 13.6 Å². The van der Waals surface area contributed by atoms with Crippen LogP contribution in [0.25, 0.3) is 0 Å². The third-order valence-corrected chi connectivity index (χ3v) is 3.95. The van der Waals surface area contributed by atoms with Crippen LogP contribution in [0.15, 0.2) is 42.7 Å². The van der Waals surface area contributed by atoms with Crippen LogP contribution in [-0.4, -0.2) is 46.9 Å². The van der Waals surface area contributed by atoms with Crippen molar-refractivity contribution in [2.45, 2.75) is 6.54 Å². The predicted octanol–water partition coefficient (Wildman–Crippen LogP) is 2.32. The van der Waals surface area contributed by atoms with Crippen LogP contribution in [0.1, 0.15) is 15.9 Å². The summed E-state index contributed by atoms with van der Waals surface area (Å²) in [4.78, 5) is 20.2. The van der Waals surface area contributed by atoms with Gasteiger partial charge in [0.05, 0.1) is 5.56 Å². The number of hydrogen-bond acceptors (Lipinski definition) is 3. The van der Waals surface area contributed by atoms with E-state index < -0.39 is 11.6 Å². The molecule has 0 saturated carbocycles. The number of pyridine rings is 1. The van der Waals surface area contributed by atoms with Crippen LogP contribution >= 0.6 is 0 Å². The maximum Gasteiger partial charge on any atom is 0.256 e. The highest BCUT2D eigenvalue weighted by molar-refractivity contribution is 5.94. The van der Waals surface area contributed by atoms with Crippen LogP contribution in [-0.2, 0) is 6.54 Å². The lowest BCUT2D eigenvalue weighted by Crippen LogP contribution is -2.48. The van der Waals surface area contributed by atoms with E-state index in [2.05, 4.69) is 9.88 Å². The molecule has 2 heterocycles. The summed E-state index contributed by atoms with van der Waals surface area (Å²) in [5.41, 5.74) is 1.05. The van der Waals surface area contributed by atoms with E-state index in [1.54, 1.807) is 11.1 Å². The van der Waals surface area contributed by atoms with Gasteiger partial charge in [-0.2, -0.15) is 0 Å². The zero-order valence-corrected chi connectivity index (χ0v) is 12.6. The van der Waals surface area contributed by atoms with Gasteiger partial charge in [-0.15, -0.1) is 0 Å². The fourth-order valence-corrected chi connectivity index (χ4v) is 2.69. The number of nitrogens with zero attached hydrogens (tertiary/aromatic N) is 3. The first kappa shape index (κ1) is 15.6. The van der Waals surface area contributed by atoms with E-state index in [-0.39, 0.29) is 11.5 Å². The molecule has 1 aliphatic rings. The summed E-state index contributed by atoms with van der Waals surface area (Å²) in [6.45, 7) is 3.25. The summed E-state index contributed by atoms with van der Waals surface area (Å²) in [6, 6.07) is 6.96. The molecule has 0 bridgehead atoms. The molecule has 0 spiro atoms. The molecule has 1 amide bonds. The normalized spacial score (nSPS) is 15.7. The Morgan fingerprint density at radius 3 is 2.57 bits per heavy atom. The van der Waals surface area contributed by atoms with Gasteiger partial charge in [0, 0.05) is 51.2 Å². The van der Waals surface area contributed by atoms with Crippen LogP contribution in [0.4, 0.5) is 8.78 Å². The van der Waals surface area contributed by atoms with Crippen LogP contribution in [0.5, 0.6) is 0 Å². The van der Waals surface area contributed by atoms with Gasteiger partial charge in [-0.25, -0.2) is 8.78 Å². The summed E-state index contributed by atoms with van der Waals surface area (Å²) in [5, 5.41) is 0. The van der Waals surface area contributed by atoms with Gasteiger partial charge in [0.2, 0.25) is 0 Å². The molecule has 6 heteroatoms. The van der Waals surface area contributed by atoms with Gasteiger partial charge in [0.25, 0.3) is 5.91 Å². The van der Waals surface area contributed by atoms with E-state index in [4.69, 9.17) is 0 Å². The monoisotopic (exact) mass is 317 g/mol. The molecular weight excluding hydrogens is 300 g/mol. The number of benzene rings is 1. The van der Waals surface area contributed by atoms with Crippen LogP contribution in [0, 0.1) is 11.6 Å². The average molecular weight is 317 g/mol. The lowest BCUT2D eigenvalue weighted by atomic mass is 10.1. The minimum atomic E-state index is -0.812. The predicted molar refractivity (Wildman–Crippen MR) is 81.8 cm³/mol. The van der Waals surface area contributed by atoms with E-state index in [1.165, 1.54) is 6.07 Å². The fraction of sp³-hybridized carbons (Fsp3) is 0.294. The van der Waals surface area contributed by atoms with E-state index in [0.717, 1.165) is 24.2 Å². The number of amides is 1. The van der Waals surface area contributed by atoms with Gasteiger partial charge in [-0.3, -0.25) is 14.7 Å². The number of carbonyl (C=O) groups is 1. The van der Waals surface area contributed by atoms with Crippen molar-refractivity contribution in [3.05, 3.63) is 65.5 Å². The number of aromatic nitrogens is 1. The van der Waals surface area contributed by atoms with Crippen molar-refractivity contribution in [1.82, 2.24) is 14.8 Å². The van der Waals surface area contributed by atoms with Crippen LogP contribution in [0.3, 0.4) is 0 Å². The van der Waals surface area contributed by atoms with Crippen molar-refractivity contribution >= 4 is 5.91 Å². The summed E-state index contributed by atoms with van der Waals surface area (Å²) in [5.74, 6) is -1.88. The molecule has 0 unspecified atom stereocenters. The number of hydrogen-bond donors (Lipinski definition) is 0. The van der Waals surface area contributed by atoms with Crippen molar-refractivity contribution in [2.75, 3.05) is 26.2 Å². The average Bonchev–Trinajstić information content (AvgIpc) is 2.56. The standard InChI is InChI=1S/C17H17F2N3O/c18-14-3-4-15(16(19)10-14)17(23)22-8-6-21(7-9-22)12-13-2-1-5-20-11-13/h1-5,10-11H,6-9,12H2. The molecule has 23 heavy (non-hydrogen) atoms. The number of halogens is 2. The first-order valence-corrected chi connectivity index (χ1v) is 7.49. The van der Waals surface area contributed by atoms with E-state index >= 15 is 0 Å². The quantitative estimate of drug-likeness (QED) is 0.872. The smallest absolute Gasteiger partial charge is 0.256 e. The molecule has 3 rings (SSSR count).